The molecule has 7 nitrogen and oxygen atoms in total. The van der Waals surface area contributed by atoms with Gasteiger partial charge in [-0.05, 0) is 86.3 Å². The van der Waals surface area contributed by atoms with Gasteiger partial charge in [0.05, 0.1) is 17.7 Å². The summed E-state index contributed by atoms with van der Waals surface area (Å²) in [6, 6.07) is 21.5. The van der Waals surface area contributed by atoms with Crippen molar-refractivity contribution in [3.05, 3.63) is 89.5 Å². The van der Waals surface area contributed by atoms with Crippen LogP contribution in [-0.2, 0) is 4.74 Å². The van der Waals surface area contributed by atoms with Crippen LogP contribution in [0.4, 0.5) is 11.4 Å². The largest absolute Gasteiger partial charge is 0.462 e. The molecule has 0 aliphatic heterocycles. The van der Waals surface area contributed by atoms with E-state index in [9.17, 15) is 14.4 Å². The molecule has 1 aliphatic rings. The van der Waals surface area contributed by atoms with Crippen LogP contribution in [0, 0.1) is 0 Å². The van der Waals surface area contributed by atoms with Crippen LogP contribution in [0.25, 0.3) is 0 Å². The van der Waals surface area contributed by atoms with E-state index in [-0.39, 0.29) is 17.8 Å². The molecule has 1 saturated carbocycles. The van der Waals surface area contributed by atoms with Crippen LogP contribution < -0.4 is 15.4 Å². The van der Waals surface area contributed by atoms with Crippen LogP contribution in [0.15, 0.2) is 77.7 Å². The molecular formula is C29H31N3O4S. The lowest BCUT2D eigenvalue weighted by Crippen LogP contribution is -2.25. The van der Waals surface area contributed by atoms with Crippen LogP contribution in [0.1, 0.15) is 70.1 Å². The van der Waals surface area contributed by atoms with E-state index in [0.717, 1.165) is 35.4 Å². The Morgan fingerprint density at radius 1 is 0.865 bits per heavy atom. The lowest BCUT2D eigenvalue weighted by Gasteiger charge is -2.25. The van der Waals surface area contributed by atoms with Gasteiger partial charge in [0, 0.05) is 27.9 Å². The van der Waals surface area contributed by atoms with Gasteiger partial charge in [0.15, 0.2) is 0 Å². The summed E-state index contributed by atoms with van der Waals surface area (Å²) in [6.07, 6.45) is 5.70. The monoisotopic (exact) mass is 517 g/mol. The van der Waals surface area contributed by atoms with Crippen molar-refractivity contribution in [2.45, 2.75) is 50.0 Å². The SMILES string of the molecule is CCOC(=O)c1ccc(SNC(=O)c2ccc(NC3CCCCC3)c(C(=O)Nc3ccccc3)c2)cc1. The first kappa shape index (κ1) is 26.3. The zero-order valence-electron chi connectivity index (χ0n) is 20.8. The van der Waals surface area contributed by atoms with Gasteiger partial charge in [-0.15, -0.1) is 0 Å². The maximum atomic E-state index is 13.2. The normalized spacial score (nSPS) is 13.4. The maximum Gasteiger partial charge on any atom is 0.338 e. The second kappa shape index (κ2) is 13.0. The molecule has 192 valence electrons. The van der Waals surface area contributed by atoms with Gasteiger partial charge in [-0.1, -0.05) is 37.5 Å². The molecule has 0 unspecified atom stereocenters. The topological polar surface area (TPSA) is 96.5 Å². The number of para-hydroxylation sites is 1. The fraction of sp³-hybridized carbons (Fsp3) is 0.276. The lowest BCUT2D eigenvalue weighted by molar-refractivity contribution is 0.0526. The fourth-order valence-electron chi connectivity index (χ4n) is 4.22. The summed E-state index contributed by atoms with van der Waals surface area (Å²) in [6.45, 7) is 2.07. The first-order valence-corrected chi connectivity index (χ1v) is 13.4. The average Bonchev–Trinajstić information content (AvgIpc) is 2.93. The van der Waals surface area contributed by atoms with Crippen molar-refractivity contribution in [1.82, 2.24) is 4.72 Å². The van der Waals surface area contributed by atoms with Crippen molar-refractivity contribution in [3.63, 3.8) is 0 Å². The van der Waals surface area contributed by atoms with Gasteiger partial charge >= 0.3 is 5.97 Å². The molecule has 0 aromatic heterocycles. The standard InChI is InChI=1S/C29H31N3O4S/c1-2-36-29(35)20-13-16-24(17-14-20)37-32-27(33)21-15-18-26(30-22-9-5-3-6-10-22)25(19-21)28(34)31-23-11-7-4-8-12-23/h4,7-8,11-19,22,30H,2-3,5-6,9-10H2,1H3,(H,31,34)(H,32,33). The Labute approximate surface area is 221 Å². The Hall–Kier alpha value is -3.78. The van der Waals surface area contributed by atoms with E-state index in [4.69, 9.17) is 4.74 Å². The molecule has 0 bridgehead atoms. The Kier molecular flexibility index (Phi) is 9.21. The highest BCUT2D eigenvalue weighted by Gasteiger charge is 2.20. The van der Waals surface area contributed by atoms with E-state index in [1.807, 2.05) is 36.4 Å². The van der Waals surface area contributed by atoms with Crippen molar-refractivity contribution in [2.24, 2.45) is 0 Å². The Balaban J connectivity index is 1.48. The second-order valence-electron chi connectivity index (χ2n) is 8.84. The summed E-state index contributed by atoms with van der Waals surface area (Å²) in [5.74, 6) is -0.981. The number of hydrogen-bond donors (Lipinski definition) is 3. The Bertz CT molecular complexity index is 1230. The summed E-state index contributed by atoms with van der Waals surface area (Å²) in [5, 5.41) is 6.46. The first-order chi connectivity index (χ1) is 18.0. The van der Waals surface area contributed by atoms with E-state index in [2.05, 4.69) is 15.4 Å². The van der Waals surface area contributed by atoms with Gasteiger partial charge in [0.1, 0.15) is 0 Å². The summed E-state index contributed by atoms with van der Waals surface area (Å²) < 4.78 is 7.81. The number of anilines is 2. The summed E-state index contributed by atoms with van der Waals surface area (Å²) in [7, 11) is 0. The van der Waals surface area contributed by atoms with Crippen LogP contribution in [0.2, 0.25) is 0 Å². The van der Waals surface area contributed by atoms with Crippen LogP contribution >= 0.6 is 11.9 Å². The zero-order chi connectivity index (χ0) is 26.0. The van der Waals surface area contributed by atoms with Gasteiger partial charge < -0.3 is 15.4 Å². The number of amides is 2. The predicted octanol–water partition coefficient (Wildman–Crippen LogP) is 6.30. The van der Waals surface area contributed by atoms with Crippen molar-refractivity contribution in [3.8, 4) is 0 Å². The minimum absolute atomic E-state index is 0.277. The van der Waals surface area contributed by atoms with Gasteiger partial charge in [-0.25, -0.2) is 4.79 Å². The molecule has 0 saturated heterocycles. The number of nitrogens with one attached hydrogen (secondary N) is 3. The highest BCUT2D eigenvalue weighted by molar-refractivity contribution is 7.98. The minimum Gasteiger partial charge on any atom is -0.462 e. The molecule has 0 atom stereocenters. The van der Waals surface area contributed by atoms with E-state index < -0.39 is 0 Å². The predicted molar refractivity (Wildman–Crippen MR) is 147 cm³/mol. The number of ether oxygens (including phenoxy) is 1. The van der Waals surface area contributed by atoms with E-state index in [1.165, 1.54) is 19.3 Å². The molecule has 37 heavy (non-hydrogen) atoms. The van der Waals surface area contributed by atoms with Crippen molar-refractivity contribution < 1.29 is 19.1 Å². The third-order valence-electron chi connectivity index (χ3n) is 6.15. The number of carbonyl (C=O) groups is 3. The van der Waals surface area contributed by atoms with Crippen molar-refractivity contribution in [1.29, 1.82) is 0 Å². The van der Waals surface area contributed by atoms with E-state index in [1.54, 1.807) is 43.3 Å². The number of rotatable bonds is 9. The van der Waals surface area contributed by atoms with E-state index >= 15 is 0 Å². The molecule has 1 aliphatic carbocycles. The number of hydrogen-bond acceptors (Lipinski definition) is 6. The molecule has 3 aromatic carbocycles. The van der Waals surface area contributed by atoms with Gasteiger partial charge in [-0.3, -0.25) is 14.3 Å². The fourth-order valence-corrected chi connectivity index (χ4v) is 4.82. The van der Waals surface area contributed by atoms with Crippen LogP contribution in [0.3, 0.4) is 0 Å². The highest BCUT2D eigenvalue weighted by atomic mass is 32.2. The van der Waals surface area contributed by atoms with Gasteiger partial charge in [-0.2, -0.15) is 0 Å². The first-order valence-electron chi connectivity index (χ1n) is 12.5. The molecule has 0 spiro atoms. The molecule has 4 rings (SSSR count). The van der Waals surface area contributed by atoms with Crippen LogP contribution in [-0.4, -0.2) is 30.4 Å². The molecule has 0 radical (unpaired) electrons. The minimum atomic E-state index is -0.383. The average molecular weight is 518 g/mol. The smallest absolute Gasteiger partial charge is 0.338 e. The third-order valence-corrected chi connectivity index (χ3v) is 6.95. The Morgan fingerprint density at radius 3 is 2.27 bits per heavy atom. The molecule has 3 aromatic rings. The molecular weight excluding hydrogens is 486 g/mol. The number of carbonyl (C=O) groups excluding carboxylic acids is 3. The maximum absolute atomic E-state index is 13.2. The molecule has 2 amide bonds. The van der Waals surface area contributed by atoms with Crippen molar-refractivity contribution in [2.75, 3.05) is 17.2 Å². The zero-order valence-corrected chi connectivity index (χ0v) is 21.6. The molecule has 0 heterocycles. The third kappa shape index (κ3) is 7.36. The van der Waals surface area contributed by atoms with E-state index in [0.29, 0.717) is 35.0 Å². The second-order valence-corrected chi connectivity index (χ2v) is 9.72. The molecule has 8 heteroatoms. The van der Waals surface area contributed by atoms with Gasteiger partial charge in [0.25, 0.3) is 11.8 Å². The van der Waals surface area contributed by atoms with Gasteiger partial charge in [0.2, 0.25) is 0 Å². The highest BCUT2D eigenvalue weighted by Crippen LogP contribution is 2.26. The number of esters is 1. The Morgan fingerprint density at radius 2 is 1.57 bits per heavy atom. The molecule has 1 fully saturated rings. The summed E-state index contributed by atoms with van der Waals surface area (Å²) in [5.41, 5.74) is 2.66. The summed E-state index contributed by atoms with van der Waals surface area (Å²) >= 11 is 1.14. The van der Waals surface area contributed by atoms with Crippen LogP contribution in [0.5, 0.6) is 0 Å². The quantitative estimate of drug-likeness (QED) is 0.228. The lowest BCUT2D eigenvalue weighted by atomic mass is 9.95. The van der Waals surface area contributed by atoms with Crippen molar-refractivity contribution >= 4 is 41.1 Å². The molecule has 3 N–H and O–H groups in total. The number of benzene rings is 3. The summed E-state index contributed by atoms with van der Waals surface area (Å²) in [4.78, 5) is 38.8.